The van der Waals surface area contributed by atoms with Gasteiger partial charge in [-0.1, -0.05) is 17.3 Å². The lowest BCUT2D eigenvalue weighted by Gasteiger charge is -2.39. The minimum absolute atomic E-state index is 0.0106. The summed E-state index contributed by atoms with van der Waals surface area (Å²) in [7, 11) is -1.83. The molecule has 1 aliphatic carbocycles. The van der Waals surface area contributed by atoms with Gasteiger partial charge in [0.25, 0.3) is 5.91 Å². The second kappa shape index (κ2) is 12.9. The van der Waals surface area contributed by atoms with Gasteiger partial charge in [0.15, 0.2) is 26.8 Å². The average molecular weight is 606 g/mol. The van der Waals surface area contributed by atoms with Crippen molar-refractivity contribution in [2.24, 2.45) is 5.16 Å². The van der Waals surface area contributed by atoms with Crippen molar-refractivity contribution in [1.82, 2.24) is 14.8 Å². The molecule has 222 valence electrons. The molecule has 0 unspecified atom stereocenters. The number of anilines is 1. The van der Waals surface area contributed by atoms with Gasteiger partial charge < -0.3 is 19.2 Å². The number of piperazine rings is 1. The van der Waals surface area contributed by atoms with E-state index < -0.39 is 15.7 Å². The third kappa shape index (κ3) is 7.30. The number of carbonyl (C=O) groups excluding carboxylic acids is 2. The van der Waals surface area contributed by atoms with E-state index in [1.54, 1.807) is 18.3 Å². The Labute approximate surface area is 243 Å². The highest BCUT2D eigenvalue weighted by Gasteiger charge is 2.37. The Balaban J connectivity index is 1.24. The van der Waals surface area contributed by atoms with Gasteiger partial charge in [0.05, 0.1) is 23.4 Å². The Kier molecular flexibility index (Phi) is 9.34. The monoisotopic (exact) mass is 605 g/mol. The van der Waals surface area contributed by atoms with Gasteiger partial charge in [-0.2, -0.15) is 0 Å². The van der Waals surface area contributed by atoms with Crippen molar-refractivity contribution in [1.29, 1.82) is 0 Å². The molecule has 3 aliphatic rings. The number of nitrogens with one attached hydrogen (secondary N) is 1. The van der Waals surface area contributed by atoms with Crippen molar-refractivity contribution < 1.29 is 32.3 Å². The normalized spacial score (nSPS) is 22.1. The van der Waals surface area contributed by atoms with Crippen molar-refractivity contribution in [2.75, 3.05) is 51.9 Å². The van der Waals surface area contributed by atoms with E-state index in [1.807, 2.05) is 11.8 Å². The van der Waals surface area contributed by atoms with Crippen LogP contribution in [0.4, 0.5) is 5.13 Å². The molecule has 41 heavy (non-hydrogen) atoms. The van der Waals surface area contributed by atoms with Gasteiger partial charge in [-0.05, 0) is 31.9 Å². The predicted octanol–water partition coefficient (Wildman–Crippen LogP) is 1.91. The molecule has 2 aliphatic heterocycles. The fourth-order valence-corrected chi connectivity index (χ4v) is 7.40. The summed E-state index contributed by atoms with van der Waals surface area (Å²) >= 11 is 1.36. The van der Waals surface area contributed by atoms with Gasteiger partial charge in [-0.3, -0.25) is 19.8 Å². The van der Waals surface area contributed by atoms with E-state index in [-0.39, 0.29) is 40.5 Å². The molecule has 2 aromatic rings. The average Bonchev–Trinajstić information content (AvgIpc) is 3.53. The molecule has 1 N–H and O–H groups in total. The summed E-state index contributed by atoms with van der Waals surface area (Å²) in [4.78, 5) is 40.9. The van der Waals surface area contributed by atoms with Crippen LogP contribution in [0.2, 0.25) is 0 Å². The van der Waals surface area contributed by atoms with Crippen LogP contribution in [-0.4, -0.2) is 105 Å². The predicted molar refractivity (Wildman–Crippen MR) is 153 cm³/mol. The van der Waals surface area contributed by atoms with E-state index >= 15 is 0 Å². The molecule has 2 amide bonds. The van der Waals surface area contributed by atoms with Gasteiger partial charge in [-0.25, -0.2) is 13.4 Å². The topological polar surface area (TPSA) is 140 Å². The summed E-state index contributed by atoms with van der Waals surface area (Å²) < 4.78 is 35.5. The highest BCUT2D eigenvalue weighted by molar-refractivity contribution is 7.92. The first kappa shape index (κ1) is 29.6. The number of hydrogen-bond acceptors (Lipinski definition) is 11. The van der Waals surface area contributed by atoms with E-state index in [4.69, 9.17) is 14.3 Å². The summed E-state index contributed by atoms with van der Waals surface area (Å²) in [5.41, 5.74) is 0.456. The van der Waals surface area contributed by atoms with Crippen LogP contribution in [0.5, 0.6) is 0 Å². The van der Waals surface area contributed by atoms with Crippen LogP contribution in [0.1, 0.15) is 36.6 Å². The van der Waals surface area contributed by atoms with Crippen LogP contribution in [0.15, 0.2) is 40.5 Å². The Morgan fingerprint density at radius 2 is 1.98 bits per heavy atom. The van der Waals surface area contributed by atoms with Gasteiger partial charge in [0, 0.05) is 62.4 Å². The lowest BCUT2D eigenvalue weighted by Crippen LogP contribution is -2.54. The van der Waals surface area contributed by atoms with Crippen molar-refractivity contribution in [3.05, 3.63) is 40.9 Å². The summed E-state index contributed by atoms with van der Waals surface area (Å²) in [6.45, 7) is 5.77. The number of ether oxygens (including phenoxy) is 2. The zero-order valence-corrected chi connectivity index (χ0v) is 24.8. The highest BCUT2D eigenvalue weighted by Crippen LogP contribution is 2.33. The van der Waals surface area contributed by atoms with Crippen molar-refractivity contribution >= 4 is 43.8 Å². The molecule has 14 heteroatoms. The SMILES string of the molecule is COCC(=O)N1CCN(Cc2cnc(NC(=O)C(=NO[C@@H]3CCOC3)c3ccc(S(=O)(=O)C4CC4)cc3)s2)C[C@@H]1C. The third-order valence-electron chi connectivity index (χ3n) is 7.27. The second-order valence-electron chi connectivity index (χ2n) is 10.5. The molecule has 2 saturated heterocycles. The van der Waals surface area contributed by atoms with Gasteiger partial charge in [-0.15, -0.1) is 11.3 Å². The Morgan fingerprint density at radius 3 is 2.63 bits per heavy atom. The van der Waals surface area contributed by atoms with Crippen LogP contribution >= 0.6 is 11.3 Å². The van der Waals surface area contributed by atoms with Crippen LogP contribution in [0.3, 0.4) is 0 Å². The lowest BCUT2D eigenvalue weighted by molar-refractivity contribution is -0.139. The number of thiazole rings is 1. The molecule has 1 saturated carbocycles. The van der Waals surface area contributed by atoms with Gasteiger partial charge in [0.1, 0.15) is 6.61 Å². The van der Waals surface area contributed by atoms with Crippen LogP contribution in [-0.2, 0) is 40.3 Å². The molecule has 1 aromatic carbocycles. The Hall–Kier alpha value is -2.91. The number of rotatable bonds is 11. The Morgan fingerprint density at radius 1 is 1.20 bits per heavy atom. The summed E-state index contributed by atoms with van der Waals surface area (Å²) in [6.07, 6.45) is 3.49. The first-order valence-electron chi connectivity index (χ1n) is 13.7. The van der Waals surface area contributed by atoms with E-state index in [1.165, 1.54) is 30.6 Å². The summed E-state index contributed by atoms with van der Waals surface area (Å²) in [5, 5.41) is 7.07. The number of hydrogen-bond donors (Lipinski definition) is 1. The van der Waals surface area contributed by atoms with Crippen molar-refractivity contribution in [3.8, 4) is 0 Å². The smallest absolute Gasteiger partial charge is 0.280 e. The number of aromatic nitrogens is 1. The van der Waals surface area contributed by atoms with E-state index in [0.29, 0.717) is 56.3 Å². The maximum absolute atomic E-state index is 13.4. The molecule has 2 atom stereocenters. The third-order valence-corrected chi connectivity index (χ3v) is 10.4. The number of methoxy groups -OCH3 is 1. The van der Waals surface area contributed by atoms with Crippen molar-refractivity contribution in [2.45, 2.75) is 55.0 Å². The number of oxime groups is 1. The molecule has 1 aromatic heterocycles. The number of sulfone groups is 1. The second-order valence-corrected chi connectivity index (χ2v) is 13.8. The fraction of sp³-hybridized carbons (Fsp3) is 0.556. The molecule has 0 radical (unpaired) electrons. The number of carbonyl (C=O) groups is 2. The maximum atomic E-state index is 13.4. The fourth-order valence-electron chi connectivity index (χ4n) is 4.89. The summed E-state index contributed by atoms with van der Waals surface area (Å²) in [5.74, 6) is -0.523. The standard InChI is InChI=1S/C27H35N5O7S2/c1-18-14-31(10-11-32(18)24(33)17-37-2)15-21-13-28-27(40-21)29-26(34)25(30-39-20-9-12-38-16-20)19-3-5-22(6-4-19)41(35,36)23-7-8-23/h3-6,13,18,20,23H,7-12,14-17H2,1-2H3,(H,28,29,34)/t18-,20+/m0/s1. The van der Waals surface area contributed by atoms with Crippen LogP contribution in [0.25, 0.3) is 0 Å². The van der Waals surface area contributed by atoms with E-state index in [9.17, 15) is 18.0 Å². The van der Waals surface area contributed by atoms with Crippen LogP contribution in [0, 0.1) is 0 Å². The zero-order valence-electron chi connectivity index (χ0n) is 23.2. The Bertz CT molecular complexity index is 1370. The molecular formula is C27H35N5O7S2. The summed E-state index contributed by atoms with van der Waals surface area (Å²) in [6, 6.07) is 6.24. The minimum atomic E-state index is -3.35. The molecule has 3 heterocycles. The van der Waals surface area contributed by atoms with Gasteiger partial charge >= 0.3 is 0 Å². The lowest BCUT2D eigenvalue weighted by atomic mass is 10.1. The molecule has 0 spiro atoms. The number of amides is 2. The highest BCUT2D eigenvalue weighted by atomic mass is 32.2. The van der Waals surface area contributed by atoms with Crippen molar-refractivity contribution in [3.63, 3.8) is 0 Å². The molecule has 12 nitrogen and oxygen atoms in total. The van der Waals surface area contributed by atoms with Crippen LogP contribution < -0.4 is 5.32 Å². The molecular weight excluding hydrogens is 570 g/mol. The van der Waals surface area contributed by atoms with Gasteiger partial charge in [0.2, 0.25) is 5.91 Å². The number of nitrogens with zero attached hydrogens (tertiary/aromatic N) is 4. The maximum Gasteiger partial charge on any atom is 0.280 e. The first-order valence-corrected chi connectivity index (χ1v) is 16.0. The molecule has 0 bridgehead atoms. The minimum Gasteiger partial charge on any atom is -0.389 e. The van der Waals surface area contributed by atoms with E-state index in [2.05, 4.69) is 20.4 Å². The largest absolute Gasteiger partial charge is 0.389 e. The quantitative estimate of drug-likeness (QED) is 0.301. The molecule has 3 fully saturated rings. The molecule has 5 rings (SSSR count). The first-order chi connectivity index (χ1) is 19.7. The van der Waals surface area contributed by atoms with E-state index in [0.717, 1.165) is 18.0 Å². The number of benzene rings is 1. The zero-order chi connectivity index (χ0) is 29.0.